The van der Waals surface area contributed by atoms with Crippen molar-refractivity contribution in [1.29, 1.82) is 0 Å². The summed E-state index contributed by atoms with van der Waals surface area (Å²) in [6, 6.07) is 0. The number of nitrogens with two attached hydrogens (primary N) is 1. The molecule has 8 heavy (non-hydrogen) atoms. The lowest BCUT2D eigenvalue weighted by Gasteiger charge is -2.01. The van der Waals surface area contributed by atoms with E-state index in [1.54, 1.807) is 0 Å². The second kappa shape index (κ2) is 2.13. The van der Waals surface area contributed by atoms with E-state index in [0.29, 0.717) is 24.1 Å². The van der Waals surface area contributed by atoms with Crippen LogP contribution in [0.5, 0.6) is 0 Å². The van der Waals surface area contributed by atoms with Gasteiger partial charge in [-0.2, -0.15) is 0 Å². The molecule has 0 amide bonds. The molecular formula is C4H6ClN3. The molecule has 4 heteroatoms. The van der Waals surface area contributed by atoms with Crippen LogP contribution in [0.25, 0.3) is 0 Å². The molecule has 0 aliphatic carbocycles. The average Bonchev–Trinajstić information content (AvgIpc) is 1.77. The Bertz CT molecular complexity index is 131. The van der Waals surface area contributed by atoms with Gasteiger partial charge in [0.05, 0.1) is 13.1 Å². The number of aliphatic imine (C=N–C) groups is 2. The number of amidine groups is 1. The largest absolute Gasteiger partial charge is 0.381 e. The molecule has 0 aromatic heterocycles. The van der Waals surface area contributed by atoms with Crippen LogP contribution in [0.1, 0.15) is 0 Å². The molecular weight excluding hydrogens is 126 g/mol. The SMILES string of the molecule is NC1=NCCN=C1Cl. The van der Waals surface area contributed by atoms with Gasteiger partial charge in [0.2, 0.25) is 0 Å². The van der Waals surface area contributed by atoms with Crippen molar-refractivity contribution in [2.75, 3.05) is 13.1 Å². The third-order valence-electron chi connectivity index (χ3n) is 0.844. The molecule has 0 fully saturated rings. The maximum absolute atomic E-state index is 5.46. The Morgan fingerprint density at radius 1 is 1.38 bits per heavy atom. The summed E-state index contributed by atoms with van der Waals surface area (Å²) in [5, 5.41) is 0.344. The first-order chi connectivity index (χ1) is 3.80. The molecule has 0 bridgehead atoms. The summed E-state index contributed by atoms with van der Waals surface area (Å²) in [5.74, 6) is 0.359. The number of hydrogen-bond donors (Lipinski definition) is 1. The van der Waals surface area contributed by atoms with Gasteiger partial charge in [-0.05, 0) is 0 Å². The van der Waals surface area contributed by atoms with Crippen molar-refractivity contribution in [2.24, 2.45) is 15.7 Å². The fraction of sp³-hybridized carbons (Fsp3) is 0.500. The smallest absolute Gasteiger partial charge is 0.165 e. The maximum Gasteiger partial charge on any atom is 0.165 e. The van der Waals surface area contributed by atoms with Crippen LogP contribution in [0.3, 0.4) is 0 Å². The Morgan fingerprint density at radius 2 is 2.00 bits per heavy atom. The molecule has 0 saturated heterocycles. The van der Waals surface area contributed by atoms with Gasteiger partial charge in [-0.1, -0.05) is 11.6 Å². The van der Waals surface area contributed by atoms with Crippen LogP contribution in [0.15, 0.2) is 9.98 Å². The lowest BCUT2D eigenvalue weighted by atomic mass is 10.5. The standard InChI is InChI=1S/C4H6ClN3/c5-3-4(6)8-2-1-7-3/h1-2H2,(H2,6,8). The first-order valence-electron chi connectivity index (χ1n) is 2.31. The zero-order valence-corrected chi connectivity index (χ0v) is 5.02. The first-order valence-corrected chi connectivity index (χ1v) is 2.69. The van der Waals surface area contributed by atoms with Crippen molar-refractivity contribution in [3.63, 3.8) is 0 Å². The van der Waals surface area contributed by atoms with Crippen LogP contribution in [-0.2, 0) is 0 Å². The molecule has 0 aromatic carbocycles. The normalized spacial score (nSPS) is 19.6. The van der Waals surface area contributed by atoms with Crippen LogP contribution >= 0.6 is 11.6 Å². The number of hydrogen-bond acceptors (Lipinski definition) is 3. The second-order valence-corrected chi connectivity index (χ2v) is 1.80. The third kappa shape index (κ3) is 0.980. The molecule has 2 N–H and O–H groups in total. The molecule has 0 atom stereocenters. The number of halogens is 1. The lowest BCUT2D eigenvalue weighted by Crippen LogP contribution is -2.23. The van der Waals surface area contributed by atoms with Gasteiger partial charge < -0.3 is 5.73 Å². The van der Waals surface area contributed by atoms with E-state index < -0.39 is 0 Å². The van der Waals surface area contributed by atoms with Crippen LogP contribution in [0.4, 0.5) is 0 Å². The molecule has 1 aliphatic rings. The highest BCUT2D eigenvalue weighted by molar-refractivity contribution is 6.83. The maximum atomic E-state index is 5.46. The summed E-state index contributed by atoms with van der Waals surface area (Å²) in [7, 11) is 0. The summed E-state index contributed by atoms with van der Waals surface area (Å²) in [4.78, 5) is 7.68. The zero-order valence-electron chi connectivity index (χ0n) is 4.26. The molecule has 44 valence electrons. The van der Waals surface area contributed by atoms with Crippen molar-refractivity contribution < 1.29 is 0 Å². The fourth-order valence-corrected chi connectivity index (χ4v) is 0.609. The minimum absolute atomic E-state index is 0.344. The summed E-state index contributed by atoms with van der Waals surface area (Å²) >= 11 is 5.46. The van der Waals surface area contributed by atoms with E-state index in [-0.39, 0.29) is 0 Å². The molecule has 3 nitrogen and oxygen atoms in total. The Hall–Kier alpha value is -0.570. The Kier molecular flexibility index (Phi) is 1.48. The summed E-state index contributed by atoms with van der Waals surface area (Å²) in [5.41, 5.74) is 5.27. The van der Waals surface area contributed by atoms with Crippen LogP contribution in [0.2, 0.25) is 0 Å². The first kappa shape index (κ1) is 5.56. The fourth-order valence-electron chi connectivity index (χ4n) is 0.465. The Morgan fingerprint density at radius 3 is 2.38 bits per heavy atom. The van der Waals surface area contributed by atoms with Crippen molar-refractivity contribution in [3.8, 4) is 0 Å². The zero-order chi connectivity index (χ0) is 5.98. The van der Waals surface area contributed by atoms with E-state index in [9.17, 15) is 0 Å². The molecule has 0 saturated carbocycles. The van der Waals surface area contributed by atoms with Gasteiger partial charge in [0, 0.05) is 0 Å². The predicted molar refractivity (Wildman–Crippen MR) is 34.6 cm³/mol. The van der Waals surface area contributed by atoms with Crippen LogP contribution < -0.4 is 5.73 Å². The molecule has 1 aliphatic heterocycles. The molecule has 0 radical (unpaired) electrons. The average molecular weight is 132 g/mol. The van der Waals surface area contributed by atoms with Crippen molar-refractivity contribution in [1.82, 2.24) is 0 Å². The third-order valence-corrected chi connectivity index (χ3v) is 1.16. The number of nitrogens with zero attached hydrogens (tertiary/aromatic N) is 2. The minimum atomic E-state index is 0.344. The van der Waals surface area contributed by atoms with E-state index in [4.69, 9.17) is 17.3 Å². The molecule has 1 rings (SSSR count). The van der Waals surface area contributed by atoms with Crippen molar-refractivity contribution >= 4 is 22.6 Å². The highest BCUT2D eigenvalue weighted by atomic mass is 35.5. The number of rotatable bonds is 0. The monoisotopic (exact) mass is 131 g/mol. The predicted octanol–water partition coefficient (Wildman–Crippen LogP) is -0.00550. The quantitative estimate of drug-likeness (QED) is 0.494. The second-order valence-electron chi connectivity index (χ2n) is 1.44. The molecule has 0 unspecified atom stereocenters. The van der Waals surface area contributed by atoms with Gasteiger partial charge in [0.15, 0.2) is 11.0 Å². The van der Waals surface area contributed by atoms with Crippen molar-refractivity contribution in [3.05, 3.63) is 0 Å². The highest BCUT2D eigenvalue weighted by Gasteiger charge is 2.02. The van der Waals surface area contributed by atoms with E-state index in [2.05, 4.69) is 9.98 Å². The molecule has 1 heterocycles. The van der Waals surface area contributed by atoms with Gasteiger partial charge in [0.1, 0.15) is 0 Å². The van der Waals surface area contributed by atoms with Gasteiger partial charge in [0.25, 0.3) is 0 Å². The van der Waals surface area contributed by atoms with Gasteiger partial charge >= 0.3 is 0 Å². The van der Waals surface area contributed by atoms with Gasteiger partial charge in [-0.15, -0.1) is 0 Å². The summed E-state index contributed by atoms with van der Waals surface area (Å²) in [6.07, 6.45) is 0. The van der Waals surface area contributed by atoms with E-state index in [1.165, 1.54) is 0 Å². The Balaban J connectivity index is 2.73. The molecule has 0 spiro atoms. The topological polar surface area (TPSA) is 50.7 Å². The Labute approximate surface area is 52.3 Å². The van der Waals surface area contributed by atoms with E-state index >= 15 is 0 Å². The van der Waals surface area contributed by atoms with Crippen molar-refractivity contribution in [2.45, 2.75) is 0 Å². The minimum Gasteiger partial charge on any atom is -0.381 e. The molecule has 0 aromatic rings. The van der Waals surface area contributed by atoms with E-state index in [0.717, 1.165) is 0 Å². The lowest BCUT2D eigenvalue weighted by molar-refractivity contribution is 0.965. The van der Waals surface area contributed by atoms with Crippen LogP contribution in [0, 0.1) is 0 Å². The highest BCUT2D eigenvalue weighted by Crippen LogP contribution is 1.92. The van der Waals surface area contributed by atoms with Crippen LogP contribution in [-0.4, -0.2) is 24.1 Å². The van der Waals surface area contributed by atoms with Gasteiger partial charge in [-0.3, -0.25) is 9.98 Å². The van der Waals surface area contributed by atoms with E-state index in [1.807, 2.05) is 0 Å². The summed E-state index contributed by atoms with van der Waals surface area (Å²) < 4.78 is 0. The summed E-state index contributed by atoms with van der Waals surface area (Å²) in [6.45, 7) is 1.33. The van der Waals surface area contributed by atoms with Gasteiger partial charge in [-0.25, -0.2) is 0 Å².